The lowest BCUT2D eigenvalue weighted by Crippen LogP contribution is -2.30. The Morgan fingerprint density at radius 2 is 1.82 bits per heavy atom. The molecule has 12 nitrogen and oxygen atoms in total. The van der Waals surface area contributed by atoms with E-state index in [0.717, 1.165) is 18.5 Å². The summed E-state index contributed by atoms with van der Waals surface area (Å²) in [6, 6.07) is 9.51. The van der Waals surface area contributed by atoms with Crippen LogP contribution in [-0.2, 0) is 6.18 Å². The quantitative estimate of drug-likeness (QED) is 0.203. The van der Waals surface area contributed by atoms with Gasteiger partial charge in [-0.3, -0.25) is 14.5 Å². The molecule has 2 amide bonds. The van der Waals surface area contributed by atoms with Crippen molar-refractivity contribution in [3.05, 3.63) is 94.7 Å². The van der Waals surface area contributed by atoms with E-state index >= 15 is 0 Å². The Bertz CT molecular complexity index is 1690. The van der Waals surface area contributed by atoms with E-state index < -0.39 is 23.2 Å². The Morgan fingerprint density at radius 1 is 1.05 bits per heavy atom. The first-order chi connectivity index (χ1) is 18.2. The highest BCUT2D eigenvalue weighted by Gasteiger charge is 2.31. The average Bonchev–Trinajstić information content (AvgIpc) is 3.41. The molecule has 2 aromatic carbocycles. The summed E-state index contributed by atoms with van der Waals surface area (Å²) >= 11 is 0. The topological polar surface area (TPSA) is 157 Å². The molecule has 0 spiro atoms. The van der Waals surface area contributed by atoms with E-state index in [1.165, 1.54) is 47.8 Å². The third kappa shape index (κ3) is 4.92. The van der Waals surface area contributed by atoms with Crippen LogP contribution in [0.4, 0.5) is 40.8 Å². The number of carbonyl (C=O) groups is 1. The van der Waals surface area contributed by atoms with Crippen LogP contribution in [0.1, 0.15) is 5.56 Å². The van der Waals surface area contributed by atoms with Crippen molar-refractivity contribution >= 4 is 39.9 Å². The minimum atomic E-state index is -4.62. The van der Waals surface area contributed by atoms with Crippen LogP contribution in [0.2, 0.25) is 0 Å². The monoisotopic (exact) mass is 523 g/mol. The molecule has 0 aliphatic rings. The maximum Gasteiger partial charge on any atom is 0.416 e. The van der Waals surface area contributed by atoms with Crippen molar-refractivity contribution in [3.63, 3.8) is 0 Å². The Balaban J connectivity index is 1.33. The standard InChI is InChI=1S/C23H16F3N9O3/c24-23(25,26)13-1-6-17(34-11-27-10-30-34)16(9-13)33-22(37)32-15-4-2-14(3-5-15)31-20-19-18(36)7-8-28-21(19)35(38)12-29-20/h1-12H,(H,28,36)(H,29,31)(H2,32,33,37). The summed E-state index contributed by atoms with van der Waals surface area (Å²) in [5.41, 5.74) is -0.466. The lowest BCUT2D eigenvalue weighted by atomic mass is 10.1. The molecule has 0 saturated carbocycles. The number of H-pyrrole nitrogens is 1. The number of carbonyl (C=O) groups excluding carboxylic acids is 1. The van der Waals surface area contributed by atoms with E-state index in [4.69, 9.17) is 0 Å². The number of amides is 2. The summed E-state index contributed by atoms with van der Waals surface area (Å²) in [4.78, 5) is 35.3. The van der Waals surface area contributed by atoms with Crippen LogP contribution >= 0.6 is 0 Å². The summed E-state index contributed by atoms with van der Waals surface area (Å²) in [7, 11) is 0. The van der Waals surface area contributed by atoms with Gasteiger partial charge in [0, 0.05) is 17.4 Å². The maximum absolute atomic E-state index is 13.2. The van der Waals surface area contributed by atoms with Gasteiger partial charge in [-0.25, -0.2) is 14.5 Å². The molecule has 0 aliphatic carbocycles. The number of halogens is 3. The van der Waals surface area contributed by atoms with Gasteiger partial charge in [0.05, 0.1) is 23.1 Å². The van der Waals surface area contributed by atoms with Crippen molar-refractivity contribution in [1.82, 2.24) is 24.7 Å². The highest BCUT2D eigenvalue weighted by atomic mass is 19.4. The fourth-order valence-corrected chi connectivity index (χ4v) is 3.60. The molecule has 5 rings (SSSR count). The number of benzene rings is 2. The van der Waals surface area contributed by atoms with Crippen molar-refractivity contribution in [2.24, 2.45) is 0 Å². The molecule has 0 saturated heterocycles. The predicted octanol–water partition coefficient (Wildman–Crippen LogP) is 3.54. The molecule has 4 N–H and O–H groups in total. The molecule has 0 aliphatic heterocycles. The molecule has 15 heteroatoms. The Labute approximate surface area is 210 Å². The third-order valence-corrected chi connectivity index (χ3v) is 5.33. The van der Waals surface area contributed by atoms with E-state index in [0.29, 0.717) is 16.1 Å². The molecular weight excluding hydrogens is 507 g/mol. The lowest BCUT2D eigenvalue weighted by Gasteiger charge is -2.15. The number of hydrogen-bond donors (Lipinski definition) is 4. The van der Waals surface area contributed by atoms with Gasteiger partial charge in [0.25, 0.3) is 0 Å². The third-order valence-electron chi connectivity index (χ3n) is 5.33. The molecule has 192 valence electrons. The number of alkyl halides is 3. The van der Waals surface area contributed by atoms with Crippen LogP contribution < -0.4 is 26.1 Å². The van der Waals surface area contributed by atoms with Crippen molar-refractivity contribution < 1.29 is 22.7 Å². The molecule has 5 aromatic rings. The zero-order chi connectivity index (χ0) is 26.9. The number of nitrogens with zero attached hydrogens (tertiary/aromatic N) is 5. The molecule has 0 atom stereocenters. The van der Waals surface area contributed by atoms with Crippen molar-refractivity contribution in [3.8, 4) is 5.69 Å². The number of urea groups is 1. The Hall–Kier alpha value is -5.47. The van der Waals surface area contributed by atoms with E-state index in [1.54, 1.807) is 12.1 Å². The number of nitrogens with one attached hydrogen (secondary N) is 4. The van der Waals surface area contributed by atoms with Crippen LogP contribution in [0, 0.1) is 5.21 Å². The molecule has 0 fully saturated rings. The molecule has 0 radical (unpaired) electrons. The van der Waals surface area contributed by atoms with Gasteiger partial charge in [0.1, 0.15) is 12.7 Å². The number of aromatic nitrogens is 6. The molecule has 3 heterocycles. The first kappa shape index (κ1) is 24.2. The minimum absolute atomic E-state index is 0.0322. The second-order valence-electron chi connectivity index (χ2n) is 7.84. The summed E-state index contributed by atoms with van der Waals surface area (Å²) in [6.07, 6.45) is 0.227. The van der Waals surface area contributed by atoms with Crippen molar-refractivity contribution in [1.29, 1.82) is 0 Å². The van der Waals surface area contributed by atoms with Gasteiger partial charge in [-0.2, -0.15) is 18.3 Å². The fourth-order valence-electron chi connectivity index (χ4n) is 3.60. The first-order valence-corrected chi connectivity index (χ1v) is 10.8. The fraction of sp³-hybridized carbons (Fsp3) is 0.0435. The normalized spacial score (nSPS) is 11.3. The molecular formula is C23H16F3N9O3. The van der Waals surface area contributed by atoms with E-state index in [1.807, 2.05) is 0 Å². The highest BCUT2D eigenvalue weighted by Crippen LogP contribution is 2.33. The molecule has 3 aromatic heterocycles. The van der Waals surface area contributed by atoms with Gasteiger partial charge >= 0.3 is 12.2 Å². The smallest absolute Gasteiger partial charge is 0.416 e. The molecule has 0 bridgehead atoms. The van der Waals surface area contributed by atoms with Gasteiger partial charge in [0.15, 0.2) is 5.39 Å². The zero-order valence-corrected chi connectivity index (χ0v) is 19.0. The summed E-state index contributed by atoms with van der Waals surface area (Å²) in [5, 5.41) is 23.8. The summed E-state index contributed by atoms with van der Waals surface area (Å²) in [5.74, 6) is 0.151. The predicted molar refractivity (Wildman–Crippen MR) is 130 cm³/mol. The van der Waals surface area contributed by atoms with E-state index in [2.05, 4.69) is 36.0 Å². The van der Waals surface area contributed by atoms with Crippen LogP contribution in [0.3, 0.4) is 0 Å². The number of aromatic amines is 1. The number of anilines is 4. The largest absolute Gasteiger partial charge is 0.740 e. The molecule has 0 unspecified atom stereocenters. The van der Waals surface area contributed by atoms with Crippen molar-refractivity contribution in [2.45, 2.75) is 6.18 Å². The van der Waals surface area contributed by atoms with Gasteiger partial charge in [-0.1, -0.05) is 4.98 Å². The number of hydrogen-bond acceptors (Lipinski definition) is 7. The second-order valence-corrected chi connectivity index (χ2v) is 7.84. The Morgan fingerprint density at radius 3 is 2.53 bits per heavy atom. The minimum Gasteiger partial charge on any atom is -0.740 e. The highest BCUT2D eigenvalue weighted by molar-refractivity contribution is 6.01. The number of pyridine rings is 1. The van der Waals surface area contributed by atoms with E-state index in [9.17, 15) is 28.0 Å². The van der Waals surface area contributed by atoms with Gasteiger partial charge in [-0.05, 0) is 42.5 Å². The summed E-state index contributed by atoms with van der Waals surface area (Å²) in [6.45, 7) is 0. The lowest BCUT2D eigenvalue weighted by molar-refractivity contribution is -0.582. The van der Waals surface area contributed by atoms with Gasteiger partial charge < -0.3 is 21.2 Å². The average molecular weight is 523 g/mol. The SMILES string of the molecule is O=C(Nc1ccc(Nc2nc[n+]([O-])c3[nH]ccc(=O)c23)cc1)Nc1cc(C(F)(F)F)ccc1-n1cncn1. The Kier molecular flexibility index (Phi) is 6.08. The number of fused-ring (bicyclic) bond motifs is 1. The zero-order valence-electron chi connectivity index (χ0n) is 19.0. The first-order valence-electron chi connectivity index (χ1n) is 10.8. The van der Waals surface area contributed by atoms with Crippen LogP contribution in [-0.4, -0.2) is 30.8 Å². The maximum atomic E-state index is 13.2. The summed E-state index contributed by atoms with van der Waals surface area (Å²) < 4.78 is 41.4. The van der Waals surface area contributed by atoms with Crippen LogP contribution in [0.15, 0.2) is 78.5 Å². The second kappa shape index (κ2) is 9.53. The van der Waals surface area contributed by atoms with Crippen molar-refractivity contribution in [2.75, 3.05) is 16.0 Å². The molecule has 38 heavy (non-hydrogen) atoms. The van der Waals surface area contributed by atoms with Gasteiger partial charge in [0.2, 0.25) is 23.2 Å². The van der Waals surface area contributed by atoms with Crippen LogP contribution in [0.25, 0.3) is 16.7 Å². The van der Waals surface area contributed by atoms with Gasteiger partial charge in [-0.15, -0.1) is 0 Å². The van der Waals surface area contributed by atoms with Crippen LogP contribution in [0.5, 0.6) is 0 Å². The number of rotatable bonds is 5. The van der Waals surface area contributed by atoms with E-state index in [-0.39, 0.29) is 28.2 Å².